The van der Waals surface area contributed by atoms with Gasteiger partial charge in [-0.1, -0.05) is 12.1 Å². The van der Waals surface area contributed by atoms with E-state index in [2.05, 4.69) is 9.71 Å². The van der Waals surface area contributed by atoms with Gasteiger partial charge in [-0.05, 0) is 24.3 Å². The third-order valence-corrected chi connectivity index (χ3v) is 6.00. The number of thiazole rings is 1. The summed E-state index contributed by atoms with van der Waals surface area (Å²) in [6.45, 7) is 0. The number of benzene rings is 2. The largest absolute Gasteiger partial charge is 0.497 e. The Morgan fingerprint density at radius 1 is 0.963 bits per heavy atom. The number of hydrogen-bond acceptors (Lipinski definition) is 7. The molecule has 0 saturated carbocycles. The van der Waals surface area contributed by atoms with Gasteiger partial charge in [0.25, 0.3) is 10.0 Å². The molecule has 0 aliphatic heterocycles. The summed E-state index contributed by atoms with van der Waals surface area (Å²) in [5, 5.41) is 2.02. The summed E-state index contributed by atoms with van der Waals surface area (Å²) in [6.07, 6.45) is 0. The van der Waals surface area contributed by atoms with E-state index in [1.807, 2.05) is 24.3 Å². The predicted octanol–water partition coefficient (Wildman–Crippen LogP) is 3.64. The number of aromatic nitrogens is 1. The Balaban J connectivity index is 1.90. The first-order chi connectivity index (χ1) is 13.0. The van der Waals surface area contributed by atoms with Crippen LogP contribution in [0.3, 0.4) is 0 Å². The molecule has 142 valence electrons. The van der Waals surface area contributed by atoms with Crippen LogP contribution in [0.1, 0.15) is 0 Å². The molecule has 0 atom stereocenters. The number of rotatable bonds is 7. The van der Waals surface area contributed by atoms with Gasteiger partial charge in [-0.15, -0.1) is 11.3 Å². The van der Waals surface area contributed by atoms with Crippen LogP contribution in [0.2, 0.25) is 0 Å². The van der Waals surface area contributed by atoms with Crippen molar-refractivity contribution in [1.29, 1.82) is 0 Å². The van der Waals surface area contributed by atoms with Gasteiger partial charge in [0.1, 0.15) is 22.1 Å². The van der Waals surface area contributed by atoms with Crippen LogP contribution in [-0.2, 0) is 10.0 Å². The van der Waals surface area contributed by atoms with Gasteiger partial charge in [0.15, 0.2) is 5.13 Å². The average molecular weight is 406 g/mol. The van der Waals surface area contributed by atoms with Crippen molar-refractivity contribution >= 4 is 26.5 Å². The van der Waals surface area contributed by atoms with Crippen molar-refractivity contribution < 1.29 is 22.6 Å². The van der Waals surface area contributed by atoms with E-state index in [-0.39, 0.29) is 15.8 Å². The SMILES string of the molecule is COc1cccc(-c2csc(NS(=O)(=O)c3cc(OC)ccc3OC)n2)c1. The van der Waals surface area contributed by atoms with E-state index in [9.17, 15) is 8.42 Å². The molecule has 9 heteroatoms. The first-order valence-corrected chi connectivity index (χ1v) is 10.2. The predicted molar refractivity (Wildman–Crippen MR) is 104 cm³/mol. The highest BCUT2D eigenvalue weighted by Crippen LogP contribution is 2.32. The zero-order valence-electron chi connectivity index (χ0n) is 14.9. The van der Waals surface area contributed by atoms with Gasteiger partial charge in [0.2, 0.25) is 0 Å². The maximum absolute atomic E-state index is 12.8. The Hall–Kier alpha value is -2.78. The third-order valence-electron chi connectivity index (χ3n) is 3.75. The summed E-state index contributed by atoms with van der Waals surface area (Å²) >= 11 is 1.19. The van der Waals surface area contributed by atoms with E-state index >= 15 is 0 Å². The lowest BCUT2D eigenvalue weighted by Gasteiger charge is -2.11. The molecular formula is C18H18N2O5S2. The molecule has 0 radical (unpaired) electrons. The first-order valence-electron chi connectivity index (χ1n) is 7.81. The standard InChI is InChI=1S/C18H18N2O5S2/c1-23-13-6-4-5-12(9-13)15-11-26-18(19-15)20-27(21,22)17-10-14(24-2)7-8-16(17)25-3/h4-11H,1-3H3,(H,19,20). The monoisotopic (exact) mass is 406 g/mol. The normalized spacial score (nSPS) is 11.1. The minimum atomic E-state index is -3.90. The molecule has 0 saturated heterocycles. The molecule has 3 rings (SSSR count). The van der Waals surface area contributed by atoms with E-state index in [1.54, 1.807) is 18.6 Å². The van der Waals surface area contributed by atoms with Gasteiger partial charge in [0.05, 0.1) is 27.0 Å². The lowest BCUT2D eigenvalue weighted by molar-refractivity contribution is 0.392. The Kier molecular flexibility index (Phi) is 5.52. The number of methoxy groups -OCH3 is 3. The Morgan fingerprint density at radius 3 is 2.41 bits per heavy atom. The van der Waals surface area contributed by atoms with Crippen LogP contribution in [0.25, 0.3) is 11.3 Å². The summed E-state index contributed by atoms with van der Waals surface area (Å²) in [4.78, 5) is 4.34. The van der Waals surface area contributed by atoms with E-state index in [0.717, 1.165) is 5.56 Å². The van der Waals surface area contributed by atoms with E-state index < -0.39 is 10.0 Å². The van der Waals surface area contributed by atoms with Crippen LogP contribution in [0, 0.1) is 0 Å². The van der Waals surface area contributed by atoms with Gasteiger partial charge in [0, 0.05) is 17.0 Å². The lowest BCUT2D eigenvalue weighted by atomic mass is 10.2. The zero-order valence-corrected chi connectivity index (χ0v) is 16.6. The van der Waals surface area contributed by atoms with Gasteiger partial charge >= 0.3 is 0 Å². The molecule has 0 amide bonds. The number of sulfonamides is 1. The second kappa shape index (κ2) is 7.85. The van der Waals surface area contributed by atoms with Crippen LogP contribution in [-0.4, -0.2) is 34.7 Å². The summed E-state index contributed by atoms with van der Waals surface area (Å²) in [7, 11) is 0.555. The topological polar surface area (TPSA) is 86.8 Å². The number of anilines is 1. The van der Waals surface area contributed by atoms with Gasteiger partial charge in [-0.25, -0.2) is 13.4 Å². The first kappa shape index (κ1) is 19.0. The quantitative estimate of drug-likeness (QED) is 0.645. The molecule has 27 heavy (non-hydrogen) atoms. The van der Waals surface area contributed by atoms with Crippen molar-refractivity contribution in [2.24, 2.45) is 0 Å². The molecule has 1 N–H and O–H groups in total. The molecule has 1 aromatic heterocycles. The second-order valence-corrected chi connectivity index (χ2v) is 7.90. The van der Waals surface area contributed by atoms with E-state index in [1.165, 1.54) is 37.7 Å². The number of nitrogens with zero attached hydrogens (tertiary/aromatic N) is 1. The fraction of sp³-hybridized carbons (Fsp3) is 0.167. The summed E-state index contributed by atoms with van der Waals surface area (Å²) in [5.74, 6) is 1.32. The molecule has 0 aliphatic carbocycles. The van der Waals surface area contributed by atoms with Crippen molar-refractivity contribution in [2.45, 2.75) is 4.90 Å². The summed E-state index contributed by atoms with van der Waals surface area (Å²) in [5.41, 5.74) is 1.48. The Labute approximate surface area is 161 Å². The van der Waals surface area contributed by atoms with Gasteiger partial charge in [-0.3, -0.25) is 4.72 Å². The molecular weight excluding hydrogens is 388 g/mol. The highest BCUT2D eigenvalue weighted by atomic mass is 32.2. The molecule has 2 aromatic carbocycles. The lowest BCUT2D eigenvalue weighted by Crippen LogP contribution is -2.14. The van der Waals surface area contributed by atoms with E-state index in [4.69, 9.17) is 14.2 Å². The minimum absolute atomic E-state index is 0.0255. The van der Waals surface area contributed by atoms with Crippen LogP contribution < -0.4 is 18.9 Å². The zero-order chi connectivity index (χ0) is 19.4. The van der Waals surface area contributed by atoms with Crippen molar-refractivity contribution in [3.05, 3.63) is 47.8 Å². The van der Waals surface area contributed by atoms with Crippen molar-refractivity contribution in [3.8, 4) is 28.5 Å². The Morgan fingerprint density at radius 2 is 1.70 bits per heavy atom. The molecule has 3 aromatic rings. The molecule has 7 nitrogen and oxygen atoms in total. The van der Waals surface area contributed by atoms with Crippen LogP contribution in [0.5, 0.6) is 17.2 Å². The molecule has 0 aliphatic rings. The molecule has 0 bridgehead atoms. The molecule has 0 unspecified atom stereocenters. The number of nitrogens with one attached hydrogen (secondary N) is 1. The molecule has 1 heterocycles. The molecule has 0 fully saturated rings. The fourth-order valence-corrected chi connectivity index (χ4v) is 4.56. The van der Waals surface area contributed by atoms with E-state index in [0.29, 0.717) is 17.2 Å². The maximum atomic E-state index is 12.8. The summed E-state index contributed by atoms with van der Waals surface area (Å²) in [6, 6.07) is 11.9. The highest BCUT2D eigenvalue weighted by Gasteiger charge is 2.22. The smallest absolute Gasteiger partial charge is 0.267 e. The highest BCUT2D eigenvalue weighted by molar-refractivity contribution is 7.93. The van der Waals surface area contributed by atoms with Crippen LogP contribution >= 0.6 is 11.3 Å². The van der Waals surface area contributed by atoms with Crippen LogP contribution in [0.4, 0.5) is 5.13 Å². The van der Waals surface area contributed by atoms with Gasteiger partial charge in [-0.2, -0.15) is 0 Å². The average Bonchev–Trinajstić information content (AvgIpc) is 3.15. The molecule has 0 spiro atoms. The van der Waals surface area contributed by atoms with Crippen molar-refractivity contribution in [2.75, 3.05) is 26.1 Å². The fourth-order valence-electron chi connectivity index (χ4n) is 2.40. The van der Waals surface area contributed by atoms with Crippen molar-refractivity contribution in [1.82, 2.24) is 4.98 Å². The van der Waals surface area contributed by atoms with Crippen LogP contribution in [0.15, 0.2) is 52.7 Å². The second-order valence-electron chi connectivity index (χ2n) is 5.39. The Bertz CT molecular complexity index is 1050. The number of hydrogen-bond donors (Lipinski definition) is 1. The number of ether oxygens (including phenoxy) is 3. The maximum Gasteiger partial charge on any atom is 0.267 e. The summed E-state index contributed by atoms with van der Waals surface area (Å²) < 4.78 is 43.6. The third kappa shape index (κ3) is 4.15. The van der Waals surface area contributed by atoms with Crippen molar-refractivity contribution in [3.63, 3.8) is 0 Å². The van der Waals surface area contributed by atoms with Gasteiger partial charge < -0.3 is 14.2 Å². The minimum Gasteiger partial charge on any atom is -0.497 e.